The van der Waals surface area contributed by atoms with Crippen molar-refractivity contribution in [1.29, 1.82) is 0 Å². The van der Waals surface area contributed by atoms with E-state index in [4.69, 9.17) is 0 Å². The summed E-state index contributed by atoms with van der Waals surface area (Å²) in [5, 5.41) is 5.64. The lowest BCUT2D eigenvalue weighted by Crippen LogP contribution is -2.20. The number of amides is 3. The van der Waals surface area contributed by atoms with E-state index in [-0.39, 0.29) is 17.4 Å². The Bertz CT molecular complexity index is 820. The highest BCUT2D eigenvalue weighted by Crippen LogP contribution is 2.30. The van der Waals surface area contributed by atoms with Gasteiger partial charge in [-0.15, -0.1) is 0 Å². The molecule has 1 aliphatic heterocycles. The van der Waals surface area contributed by atoms with Crippen molar-refractivity contribution in [3.8, 4) is 0 Å². The molecule has 25 heavy (non-hydrogen) atoms. The first-order valence-electron chi connectivity index (χ1n) is 8.32. The maximum absolute atomic E-state index is 12.2. The van der Waals surface area contributed by atoms with Crippen LogP contribution in [0.2, 0.25) is 0 Å². The molecule has 2 aromatic carbocycles. The first kappa shape index (κ1) is 17.0. The second-order valence-electron chi connectivity index (χ2n) is 7.38. The Balaban J connectivity index is 1.65. The molecule has 0 aromatic heterocycles. The summed E-state index contributed by atoms with van der Waals surface area (Å²) < 4.78 is 0. The van der Waals surface area contributed by atoms with Crippen molar-refractivity contribution in [1.82, 2.24) is 0 Å². The van der Waals surface area contributed by atoms with Gasteiger partial charge in [-0.05, 0) is 46.9 Å². The molecule has 1 heterocycles. The van der Waals surface area contributed by atoms with Gasteiger partial charge in [0.2, 0.25) is 5.91 Å². The minimum absolute atomic E-state index is 0.0653. The number of nitrogens with one attached hydrogen (secondary N) is 2. The van der Waals surface area contributed by atoms with Gasteiger partial charge in [-0.2, -0.15) is 0 Å². The highest BCUT2D eigenvalue weighted by molar-refractivity contribution is 6.03. The number of hydrogen-bond acceptors (Lipinski definition) is 2. The second-order valence-corrected chi connectivity index (χ2v) is 7.38. The van der Waals surface area contributed by atoms with Crippen LogP contribution in [0.3, 0.4) is 0 Å². The molecule has 5 nitrogen and oxygen atoms in total. The van der Waals surface area contributed by atoms with Crippen molar-refractivity contribution in [3.63, 3.8) is 0 Å². The smallest absolute Gasteiger partial charge is 0.315 e. The van der Waals surface area contributed by atoms with Crippen molar-refractivity contribution >= 4 is 29.0 Å². The number of fused-ring (bicyclic) bond motifs is 1. The lowest BCUT2D eigenvalue weighted by Gasteiger charge is -2.19. The third kappa shape index (κ3) is 3.65. The molecule has 2 N–H and O–H groups in total. The van der Waals surface area contributed by atoms with Gasteiger partial charge in [0.1, 0.15) is 0 Å². The highest BCUT2D eigenvalue weighted by Gasteiger charge is 2.24. The number of rotatable bonds is 2. The minimum atomic E-state index is -0.305. The van der Waals surface area contributed by atoms with Crippen LogP contribution in [0.1, 0.15) is 31.9 Å². The molecule has 0 atom stereocenters. The Kier molecular flexibility index (Phi) is 4.25. The van der Waals surface area contributed by atoms with E-state index >= 15 is 0 Å². The SMILES string of the molecule is CN1C(=O)Cc2cc(NC(=O)Nc3ccc(C(C)(C)C)cc3)ccc21. The fraction of sp³-hybridized carbons (Fsp3) is 0.300. The van der Waals surface area contributed by atoms with Crippen LogP contribution in [0.5, 0.6) is 0 Å². The van der Waals surface area contributed by atoms with Crippen LogP contribution in [0, 0.1) is 0 Å². The molecule has 3 amide bonds. The van der Waals surface area contributed by atoms with Crippen LogP contribution in [0.4, 0.5) is 21.9 Å². The summed E-state index contributed by atoms with van der Waals surface area (Å²) >= 11 is 0. The number of hydrogen-bond donors (Lipinski definition) is 2. The van der Waals surface area contributed by atoms with E-state index < -0.39 is 0 Å². The molecule has 5 heteroatoms. The van der Waals surface area contributed by atoms with E-state index in [0.29, 0.717) is 12.1 Å². The monoisotopic (exact) mass is 337 g/mol. The molecule has 0 radical (unpaired) electrons. The summed E-state index contributed by atoms with van der Waals surface area (Å²) in [7, 11) is 1.76. The summed E-state index contributed by atoms with van der Waals surface area (Å²) in [5.41, 5.74) is 4.53. The number of urea groups is 1. The third-order valence-corrected chi connectivity index (χ3v) is 4.42. The van der Waals surface area contributed by atoms with Crippen molar-refractivity contribution in [3.05, 3.63) is 53.6 Å². The van der Waals surface area contributed by atoms with E-state index in [2.05, 4.69) is 31.4 Å². The zero-order chi connectivity index (χ0) is 18.2. The molecule has 0 unspecified atom stereocenters. The second kappa shape index (κ2) is 6.24. The van der Waals surface area contributed by atoms with E-state index in [1.807, 2.05) is 36.4 Å². The predicted octanol–water partition coefficient (Wildman–Crippen LogP) is 4.15. The fourth-order valence-corrected chi connectivity index (χ4v) is 2.89. The average Bonchev–Trinajstić information content (AvgIpc) is 2.81. The predicted molar refractivity (Wildman–Crippen MR) is 101 cm³/mol. The van der Waals surface area contributed by atoms with Crippen LogP contribution < -0.4 is 15.5 Å². The first-order valence-corrected chi connectivity index (χ1v) is 8.32. The molecule has 0 saturated heterocycles. The summed E-state index contributed by atoms with van der Waals surface area (Å²) in [6, 6.07) is 13.0. The average molecular weight is 337 g/mol. The summed E-state index contributed by atoms with van der Waals surface area (Å²) in [6.07, 6.45) is 0.372. The molecule has 0 saturated carbocycles. The molecular weight excluding hydrogens is 314 g/mol. The van der Waals surface area contributed by atoms with Gasteiger partial charge in [-0.1, -0.05) is 32.9 Å². The number of nitrogens with zero attached hydrogens (tertiary/aromatic N) is 1. The molecule has 0 bridgehead atoms. The van der Waals surface area contributed by atoms with Crippen LogP contribution in [0.15, 0.2) is 42.5 Å². The standard InChI is InChI=1S/C20H23N3O2/c1-20(2,3)14-5-7-15(8-6-14)21-19(25)22-16-9-10-17-13(11-16)12-18(24)23(17)4/h5-11H,12H2,1-4H3,(H2,21,22,25). The van der Waals surface area contributed by atoms with Crippen molar-refractivity contribution in [2.75, 3.05) is 22.6 Å². The topological polar surface area (TPSA) is 61.4 Å². The number of likely N-dealkylation sites (N-methyl/N-ethyl adjacent to an activating group) is 1. The zero-order valence-electron chi connectivity index (χ0n) is 15.0. The van der Waals surface area contributed by atoms with E-state index in [1.54, 1.807) is 18.0 Å². The number of anilines is 3. The molecule has 0 aliphatic carbocycles. The van der Waals surface area contributed by atoms with Gasteiger partial charge in [0.25, 0.3) is 0 Å². The molecule has 2 aromatic rings. The Labute approximate surface area is 148 Å². The lowest BCUT2D eigenvalue weighted by atomic mass is 9.87. The molecule has 1 aliphatic rings. The van der Waals surface area contributed by atoms with E-state index in [1.165, 1.54) is 5.56 Å². The van der Waals surface area contributed by atoms with Gasteiger partial charge < -0.3 is 15.5 Å². The lowest BCUT2D eigenvalue weighted by molar-refractivity contribution is -0.117. The maximum atomic E-state index is 12.2. The molecule has 0 fully saturated rings. The van der Waals surface area contributed by atoms with Gasteiger partial charge >= 0.3 is 6.03 Å². The first-order chi connectivity index (χ1) is 11.7. The van der Waals surface area contributed by atoms with E-state index in [0.717, 1.165) is 16.9 Å². The fourth-order valence-electron chi connectivity index (χ4n) is 2.89. The Morgan fingerprint density at radius 2 is 1.60 bits per heavy atom. The molecule has 0 spiro atoms. The van der Waals surface area contributed by atoms with Crippen LogP contribution in [-0.2, 0) is 16.6 Å². The van der Waals surface area contributed by atoms with Gasteiger partial charge in [0.15, 0.2) is 0 Å². The largest absolute Gasteiger partial charge is 0.323 e. The number of carbonyl (C=O) groups is 2. The minimum Gasteiger partial charge on any atom is -0.315 e. The van der Waals surface area contributed by atoms with Crippen molar-refractivity contribution in [2.24, 2.45) is 0 Å². The van der Waals surface area contributed by atoms with E-state index in [9.17, 15) is 9.59 Å². The Morgan fingerprint density at radius 3 is 2.24 bits per heavy atom. The highest BCUT2D eigenvalue weighted by atomic mass is 16.2. The third-order valence-electron chi connectivity index (χ3n) is 4.42. The van der Waals surface area contributed by atoms with Crippen LogP contribution in [0.25, 0.3) is 0 Å². The number of benzene rings is 2. The summed E-state index contributed by atoms with van der Waals surface area (Å²) in [5.74, 6) is 0.0653. The quantitative estimate of drug-likeness (QED) is 0.865. The number of carbonyl (C=O) groups excluding carboxylic acids is 2. The molecule has 130 valence electrons. The van der Waals surface area contributed by atoms with Crippen molar-refractivity contribution < 1.29 is 9.59 Å². The Morgan fingerprint density at radius 1 is 1.00 bits per heavy atom. The van der Waals surface area contributed by atoms with Gasteiger partial charge in [0.05, 0.1) is 6.42 Å². The maximum Gasteiger partial charge on any atom is 0.323 e. The summed E-state index contributed by atoms with van der Waals surface area (Å²) in [4.78, 5) is 25.6. The molecular formula is C20H23N3O2. The molecule has 3 rings (SSSR count). The van der Waals surface area contributed by atoms with Crippen molar-refractivity contribution in [2.45, 2.75) is 32.6 Å². The summed E-state index contributed by atoms with van der Waals surface area (Å²) in [6.45, 7) is 6.45. The zero-order valence-corrected chi connectivity index (χ0v) is 15.0. The van der Waals surface area contributed by atoms with Crippen LogP contribution in [-0.4, -0.2) is 19.0 Å². The van der Waals surface area contributed by atoms with Gasteiger partial charge in [-0.3, -0.25) is 4.79 Å². The van der Waals surface area contributed by atoms with Gasteiger partial charge in [0, 0.05) is 24.1 Å². The van der Waals surface area contributed by atoms with Crippen LogP contribution >= 0.6 is 0 Å². The normalized spacial score (nSPS) is 13.6. The Hall–Kier alpha value is -2.82. The van der Waals surface area contributed by atoms with Gasteiger partial charge in [-0.25, -0.2) is 4.79 Å².